The van der Waals surface area contributed by atoms with Crippen molar-refractivity contribution in [3.63, 3.8) is 0 Å². The summed E-state index contributed by atoms with van der Waals surface area (Å²) in [7, 11) is 0. The van der Waals surface area contributed by atoms with Crippen LogP contribution in [0.5, 0.6) is 0 Å². The van der Waals surface area contributed by atoms with Gasteiger partial charge in [-0.1, -0.05) is 11.6 Å². The Bertz CT molecular complexity index is 476. The van der Waals surface area contributed by atoms with Gasteiger partial charge in [-0.05, 0) is 48.0 Å². The van der Waals surface area contributed by atoms with Crippen molar-refractivity contribution in [1.82, 2.24) is 9.78 Å². The zero-order chi connectivity index (χ0) is 10.3. The van der Waals surface area contributed by atoms with Gasteiger partial charge in [0.25, 0.3) is 0 Å². The maximum atomic E-state index is 5.92. The van der Waals surface area contributed by atoms with Gasteiger partial charge in [-0.3, -0.25) is 4.68 Å². The largest absolute Gasteiger partial charge is 0.255 e. The molecule has 0 radical (unpaired) electrons. The Balaban J connectivity index is 2.74. The van der Waals surface area contributed by atoms with Gasteiger partial charge in [-0.2, -0.15) is 5.10 Å². The van der Waals surface area contributed by atoms with Crippen molar-refractivity contribution < 1.29 is 0 Å². The molecule has 74 valence electrons. The predicted octanol–water partition coefficient (Wildman–Crippen LogP) is 4.03. The highest BCUT2D eigenvalue weighted by atomic mass is 79.9. The van der Waals surface area contributed by atoms with Gasteiger partial charge in [0.15, 0.2) is 0 Å². The Labute approximate surface area is 96.0 Å². The van der Waals surface area contributed by atoms with E-state index in [1.165, 1.54) is 0 Å². The third kappa shape index (κ3) is 1.55. The van der Waals surface area contributed by atoms with Gasteiger partial charge in [0.1, 0.15) is 4.60 Å². The first kappa shape index (κ1) is 9.99. The molecular weight excluding hydrogens is 263 g/mol. The van der Waals surface area contributed by atoms with Gasteiger partial charge in [-0.25, -0.2) is 0 Å². The molecule has 2 aromatic rings. The number of nitrogens with zero attached hydrogens (tertiary/aromatic N) is 2. The Hall–Kier alpha value is -0.540. The molecule has 0 aliphatic heterocycles. The second-order valence-electron chi connectivity index (χ2n) is 3.49. The minimum atomic E-state index is 0.343. The van der Waals surface area contributed by atoms with Crippen molar-refractivity contribution in [3.05, 3.63) is 27.8 Å². The van der Waals surface area contributed by atoms with Crippen LogP contribution in [0.2, 0.25) is 5.02 Å². The second-order valence-corrected chi connectivity index (χ2v) is 4.68. The van der Waals surface area contributed by atoms with Crippen molar-refractivity contribution in [2.45, 2.75) is 19.9 Å². The summed E-state index contributed by atoms with van der Waals surface area (Å²) < 4.78 is 2.94. The average Bonchev–Trinajstić information content (AvgIpc) is 2.44. The first-order chi connectivity index (χ1) is 6.59. The Morgan fingerprint density at radius 2 is 2.14 bits per heavy atom. The highest BCUT2D eigenvalue weighted by Gasteiger charge is 2.10. The fourth-order valence-corrected chi connectivity index (χ4v) is 2.36. The quantitative estimate of drug-likeness (QED) is 0.767. The molecule has 0 saturated heterocycles. The molecule has 0 amide bonds. The van der Waals surface area contributed by atoms with Crippen molar-refractivity contribution in [2.75, 3.05) is 0 Å². The summed E-state index contributed by atoms with van der Waals surface area (Å²) in [6.07, 6.45) is 0. The zero-order valence-corrected chi connectivity index (χ0v) is 10.3. The van der Waals surface area contributed by atoms with Gasteiger partial charge in [-0.15, -0.1) is 0 Å². The van der Waals surface area contributed by atoms with E-state index in [1.807, 2.05) is 22.9 Å². The van der Waals surface area contributed by atoms with E-state index in [0.717, 1.165) is 20.5 Å². The van der Waals surface area contributed by atoms with E-state index in [1.54, 1.807) is 0 Å². The summed E-state index contributed by atoms with van der Waals surface area (Å²) in [5.41, 5.74) is 0.968. The lowest BCUT2D eigenvalue weighted by atomic mass is 10.3. The monoisotopic (exact) mass is 272 g/mol. The number of fused-ring (bicyclic) bond motifs is 1. The van der Waals surface area contributed by atoms with Crippen LogP contribution in [0.25, 0.3) is 10.9 Å². The van der Waals surface area contributed by atoms with Crippen LogP contribution >= 0.6 is 27.5 Å². The highest BCUT2D eigenvalue weighted by molar-refractivity contribution is 9.10. The summed E-state index contributed by atoms with van der Waals surface area (Å²) in [6.45, 7) is 4.19. The van der Waals surface area contributed by atoms with Crippen molar-refractivity contribution in [2.24, 2.45) is 0 Å². The van der Waals surface area contributed by atoms with Gasteiger partial charge in [0, 0.05) is 16.5 Å². The molecule has 14 heavy (non-hydrogen) atoms. The lowest BCUT2D eigenvalue weighted by Gasteiger charge is -2.05. The third-order valence-electron chi connectivity index (χ3n) is 2.09. The minimum absolute atomic E-state index is 0.343. The molecule has 0 atom stereocenters. The van der Waals surface area contributed by atoms with Crippen LogP contribution in [-0.2, 0) is 0 Å². The van der Waals surface area contributed by atoms with Crippen LogP contribution < -0.4 is 0 Å². The third-order valence-corrected chi connectivity index (χ3v) is 3.11. The smallest absolute Gasteiger partial charge is 0.112 e. The van der Waals surface area contributed by atoms with E-state index >= 15 is 0 Å². The molecule has 1 aromatic carbocycles. The Morgan fingerprint density at radius 1 is 1.43 bits per heavy atom. The first-order valence-electron chi connectivity index (χ1n) is 4.43. The Kier molecular flexibility index (Phi) is 2.54. The zero-order valence-electron chi connectivity index (χ0n) is 7.96. The lowest BCUT2D eigenvalue weighted by Crippen LogP contribution is -2.02. The van der Waals surface area contributed by atoms with Gasteiger partial charge in [0.2, 0.25) is 0 Å². The number of aromatic nitrogens is 2. The maximum Gasteiger partial charge on any atom is 0.112 e. The number of benzene rings is 1. The minimum Gasteiger partial charge on any atom is -0.255 e. The van der Waals surface area contributed by atoms with Gasteiger partial charge < -0.3 is 0 Å². The summed E-state index contributed by atoms with van der Waals surface area (Å²) in [6, 6.07) is 6.05. The summed E-state index contributed by atoms with van der Waals surface area (Å²) in [5, 5.41) is 6.26. The molecule has 4 heteroatoms. The summed E-state index contributed by atoms with van der Waals surface area (Å²) in [4.78, 5) is 0. The number of hydrogen-bond acceptors (Lipinski definition) is 1. The Morgan fingerprint density at radius 3 is 2.79 bits per heavy atom. The average molecular weight is 274 g/mol. The molecule has 0 unspecified atom stereocenters. The first-order valence-corrected chi connectivity index (χ1v) is 5.60. The van der Waals surface area contributed by atoms with E-state index in [9.17, 15) is 0 Å². The van der Waals surface area contributed by atoms with E-state index in [0.29, 0.717) is 6.04 Å². The van der Waals surface area contributed by atoms with Crippen molar-refractivity contribution >= 4 is 38.4 Å². The molecular formula is C10H10BrClN2. The standard InChI is InChI=1S/C10H10BrClN2/c1-6(2)14-10(11)8-5-7(12)3-4-9(8)13-14/h3-6H,1-2H3. The molecule has 2 rings (SSSR count). The molecule has 0 spiro atoms. The second kappa shape index (κ2) is 3.55. The molecule has 0 saturated carbocycles. The number of halogens is 2. The maximum absolute atomic E-state index is 5.92. The molecule has 0 N–H and O–H groups in total. The summed E-state index contributed by atoms with van der Waals surface area (Å²) >= 11 is 9.45. The fourth-order valence-electron chi connectivity index (χ4n) is 1.39. The highest BCUT2D eigenvalue weighted by Crippen LogP contribution is 2.28. The van der Waals surface area contributed by atoms with Crippen LogP contribution in [0.15, 0.2) is 22.8 Å². The molecule has 1 heterocycles. The number of hydrogen-bond donors (Lipinski definition) is 0. The van der Waals surface area contributed by atoms with Crippen LogP contribution in [0.3, 0.4) is 0 Å². The van der Waals surface area contributed by atoms with Crippen LogP contribution in [0.1, 0.15) is 19.9 Å². The van der Waals surface area contributed by atoms with Gasteiger partial charge >= 0.3 is 0 Å². The van der Waals surface area contributed by atoms with E-state index in [-0.39, 0.29) is 0 Å². The normalized spacial score (nSPS) is 11.5. The molecule has 1 aromatic heterocycles. The molecule has 0 aliphatic carbocycles. The number of rotatable bonds is 1. The van der Waals surface area contributed by atoms with E-state index in [2.05, 4.69) is 34.9 Å². The predicted molar refractivity (Wildman–Crippen MR) is 62.8 cm³/mol. The lowest BCUT2D eigenvalue weighted by molar-refractivity contribution is 0.527. The van der Waals surface area contributed by atoms with E-state index in [4.69, 9.17) is 11.6 Å². The van der Waals surface area contributed by atoms with Crippen LogP contribution in [-0.4, -0.2) is 9.78 Å². The molecule has 2 nitrogen and oxygen atoms in total. The van der Waals surface area contributed by atoms with Crippen molar-refractivity contribution in [3.8, 4) is 0 Å². The molecule has 0 fully saturated rings. The summed E-state index contributed by atoms with van der Waals surface area (Å²) in [5.74, 6) is 0. The SMILES string of the molecule is CC(C)n1nc2ccc(Cl)cc2c1Br. The molecule has 0 bridgehead atoms. The fraction of sp³-hybridized carbons (Fsp3) is 0.300. The van der Waals surface area contributed by atoms with E-state index < -0.39 is 0 Å². The molecule has 0 aliphatic rings. The van der Waals surface area contributed by atoms with Crippen LogP contribution in [0, 0.1) is 0 Å². The van der Waals surface area contributed by atoms with Gasteiger partial charge in [0.05, 0.1) is 5.52 Å². The van der Waals surface area contributed by atoms with Crippen molar-refractivity contribution in [1.29, 1.82) is 0 Å². The topological polar surface area (TPSA) is 17.8 Å². The van der Waals surface area contributed by atoms with Crippen LogP contribution in [0.4, 0.5) is 0 Å².